The van der Waals surface area contributed by atoms with Crippen LogP contribution in [0.1, 0.15) is 63.9 Å². The second-order valence-corrected chi connectivity index (χ2v) is 12.5. The number of fused-ring (bicyclic) bond motifs is 2. The summed E-state index contributed by atoms with van der Waals surface area (Å²) in [7, 11) is 1.34. The van der Waals surface area contributed by atoms with E-state index in [1.165, 1.54) is 12.0 Å². The number of likely N-dealkylation sites (tertiary alicyclic amines) is 1. The van der Waals surface area contributed by atoms with Gasteiger partial charge in [-0.05, 0) is 25.0 Å². The Hall–Kier alpha value is -3.79. The topological polar surface area (TPSA) is 112 Å². The number of nitrogen functional groups attached to an aromatic ring is 1. The number of methoxy groups -OCH3 is 1. The SMILES string of the molecule is COc1nc2c(c(N3CCCn4nc(C(=O)N5CCC6(C5)CC6(F)F)c(Cl)c4C3)n1)COC(c1c(C(F)(F)F)ccc(N)c1F)C2. The maximum atomic E-state index is 15.1. The van der Waals surface area contributed by atoms with E-state index < -0.39 is 52.2 Å². The van der Waals surface area contributed by atoms with Crippen molar-refractivity contribution in [3.63, 3.8) is 0 Å². The predicted octanol–water partition coefficient (Wildman–Crippen LogP) is 5.17. The molecule has 2 aromatic heterocycles. The van der Waals surface area contributed by atoms with Crippen LogP contribution >= 0.6 is 11.6 Å². The van der Waals surface area contributed by atoms with Crippen molar-refractivity contribution in [2.45, 2.75) is 63.6 Å². The van der Waals surface area contributed by atoms with E-state index in [1.54, 1.807) is 4.68 Å². The highest BCUT2D eigenvalue weighted by atomic mass is 35.5. The molecule has 1 aliphatic carbocycles. The van der Waals surface area contributed by atoms with Crippen LogP contribution in [0.25, 0.3) is 0 Å². The Morgan fingerprint density at radius 2 is 1.96 bits per heavy atom. The number of hydrogen-bond acceptors (Lipinski definition) is 8. The van der Waals surface area contributed by atoms with Crippen LogP contribution in [0.4, 0.5) is 37.8 Å². The molecule has 1 amide bonds. The fourth-order valence-corrected chi connectivity index (χ4v) is 7.03. The molecule has 1 spiro atoms. The monoisotopic (exact) mass is 671 g/mol. The largest absolute Gasteiger partial charge is 0.467 e. The number of benzene rings is 1. The minimum Gasteiger partial charge on any atom is -0.467 e. The number of carbonyl (C=O) groups is 1. The van der Waals surface area contributed by atoms with E-state index in [-0.39, 0.29) is 62.2 Å². The molecule has 46 heavy (non-hydrogen) atoms. The number of hydrogen-bond donors (Lipinski definition) is 1. The van der Waals surface area contributed by atoms with Crippen molar-refractivity contribution < 1.29 is 40.6 Å². The zero-order valence-electron chi connectivity index (χ0n) is 24.4. The highest BCUT2D eigenvalue weighted by Crippen LogP contribution is 2.65. The van der Waals surface area contributed by atoms with Crippen molar-refractivity contribution in [3.05, 3.63) is 56.7 Å². The van der Waals surface area contributed by atoms with Gasteiger partial charge in [-0.25, -0.2) is 13.2 Å². The third-order valence-electron chi connectivity index (χ3n) is 9.36. The summed E-state index contributed by atoms with van der Waals surface area (Å²) < 4.78 is 97.3. The molecule has 0 radical (unpaired) electrons. The summed E-state index contributed by atoms with van der Waals surface area (Å²) in [4.78, 5) is 25.5. The summed E-state index contributed by atoms with van der Waals surface area (Å²) in [5.74, 6) is -4.12. The van der Waals surface area contributed by atoms with E-state index >= 15 is 4.39 Å². The lowest BCUT2D eigenvalue weighted by Crippen LogP contribution is -2.31. The summed E-state index contributed by atoms with van der Waals surface area (Å²) in [6.07, 6.45) is -5.88. The summed E-state index contributed by atoms with van der Waals surface area (Å²) in [5, 5.41) is 4.56. The molecule has 246 valence electrons. The standard InChI is InChI=1S/C29H28ClF6N7O3/c1-45-26-38-17-9-19(20-15(29(34,35)36)3-4-16(37)22(20)31)46-11-14(17)24(39-26)41-6-2-7-43-18(10-41)21(30)23(40-43)25(44)42-8-5-27(13-42)12-28(27,32)33/h3-4,19H,2,5-13,37H2,1H3. The number of nitrogens with zero attached hydrogens (tertiary/aromatic N) is 6. The number of carbonyl (C=O) groups excluding carboxylic acids is 1. The van der Waals surface area contributed by atoms with E-state index in [1.807, 2.05) is 4.90 Å². The number of aryl methyl sites for hydroxylation is 1. The first-order chi connectivity index (χ1) is 21.7. The number of halogens is 7. The third kappa shape index (κ3) is 4.91. The Morgan fingerprint density at radius 1 is 1.20 bits per heavy atom. The van der Waals surface area contributed by atoms with Gasteiger partial charge in [0.25, 0.3) is 11.8 Å². The van der Waals surface area contributed by atoms with Crippen molar-refractivity contribution in [2.24, 2.45) is 5.41 Å². The molecular formula is C29H28ClF6N7O3. The number of ether oxygens (including phenoxy) is 2. The molecule has 0 bridgehead atoms. The number of amides is 1. The maximum Gasteiger partial charge on any atom is 0.416 e. The fraction of sp³-hybridized carbons (Fsp3) is 0.517. The molecule has 17 heteroatoms. The molecule has 3 aliphatic heterocycles. The molecule has 2 fully saturated rings. The number of aromatic nitrogens is 4. The summed E-state index contributed by atoms with van der Waals surface area (Å²) >= 11 is 6.73. The van der Waals surface area contributed by atoms with Gasteiger partial charge in [-0.1, -0.05) is 11.6 Å². The van der Waals surface area contributed by atoms with Crippen LogP contribution in [-0.4, -0.2) is 63.2 Å². The van der Waals surface area contributed by atoms with E-state index in [2.05, 4.69) is 15.1 Å². The smallest absolute Gasteiger partial charge is 0.416 e. The zero-order chi connectivity index (χ0) is 32.8. The molecular weight excluding hydrogens is 644 g/mol. The van der Waals surface area contributed by atoms with Crippen LogP contribution in [-0.2, 0) is 37.0 Å². The van der Waals surface area contributed by atoms with Crippen LogP contribution in [0.2, 0.25) is 5.02 Å². The third-order valence-corrected chi connectivity index (χ3v) is 9.76. The van der Waals surface area contributed by atoms with Gasteiger partial charge in [0, 0.05) is 50.1 Å². The van der Waals surface area contributed by atoms with E-state index in [4.69, 9.17) is 26.8 Å². The van der Waals surface area contributed by atoms with Gasteiger partial charge in [-0.15, -0.1) is 0 Å². The molecule has 10 nitrogen and oxygen atoms in total. The average molecular weight is 672 g/mol. The van der Waals surface area contributed by atoms with Crippen LogP contribution in [0, 0.1) is 11.2 Å². The van der Waals surface area contributed by atoms with Crippen LogP contribution in [0.5, 0.6) is 6.01 Å². The lowest BCUT2D eigenvalue weighted by molar-refractivity contribution is -0.140. The lowest BCUT2D eigenvalue weighted by Gasteiger charge is -2.31. The first kappa shape index (κ1) is 30.8. The Morgan fingerprint density at radius 3 is 2.63 bits per heavy atom. The molecule has 1 aromatic carbocycles. The van der Waals surface area contributed by atoms with Gasteiger partial charge in [0.05, 0.1) is 59.4 Å². The zero-order valence-corrected chi connectivity index (χ0v) is 25.2. The van der Waals surface area contributed by atoms with Crippen LogP contribution in [0.15, 0.2) is 12.1 Å². The first-order valence-electron chi connectivity index (χ1n) is 14.6. The Balaban J connectivity index is 1.18. The van der Waals surface area contributed by atoms with Gasteiger partial charge < -0.3 is 25.0 Å². The Bertz CT molecular complexity index is 1750. The molecule has 1 saturated heterocycles. The van der Waals surface area contributed by atoms with Crippen molar-refractivity contribution in [1.82, 2.24) is 24.6 Å². The van der Waals surface area contributed by atoms with Gasteiger partial charge in [0.15, 0.2) is 11.5 Å². The maximum absolute atomic E-state index is 15.1. The van der Waals surface area contributed by atoms with Gasteiger partial charge in [-0.2, -0.15) is 28.2 Å². The van der Waals surface area contributed by atoms with Crippen molar-refractivity contribution in [1.29, 1.82) is 0 Å². The molecule has 2 N–H and O–H groups in total. The molecule has 3 aromatic rings. The Kier molecular flexibility index (Phi) is 7.12. The molecule has 1 saturated carbocycles. The quantitative estimate of drug-likeness (QED) is 0.299. The fourth-order valence-electron chi connectivity index (χ4n) is 6.76. The lowest BCUT2D eigenvalue weighted by atomic mass is 9.94. The van der Waals surface area contributed by atoms with Crippen molar-refractivity contribution in [3.8, 4) is 6.01 Å². The minimum absolute atomic E-state index is 0.0161. The molecule has 2 atom stereocenters. The van der Waals surface area contributed by atoms with Gasteiger partial charge in [0.2, 0.25) is 0 Å². The highest BCUT2D eigenvalue weighted by molar-refractivity contribution is 6.34. The Labute approximate surface area is 263 Å². The van der Waals surface area contributed by atoms with E-state index in [0.29, 0.717) is 42.3 Å². The van der Waals surface area contributed by atoms with Crippen molar-refractivity contribution >= 4 is 29.0 Å². The molecule has 2 unspecified atom stereocenters. The number of anilines is 2. The summed E-state index contributed by atoms with van der Waals surface area (Å²) in [6.45, 7) is 0.889. The second kappa shape index (κ2) is 10.6. The number of rotatable bonds is 4. The molecule has 5 heterocycles. The summed E-state index contributed by atoms with van der Waals surface area (Å²) in [6, 6.07) is 1.53. The van der Waals surface area contributed by atoms with Crippen molar-refractivity contribution in [2.75, 3.05) is 37.4 Å². The van der Waals surface area contributed by atoms with Gasteiger partial charge in [-0.3, -0.25) is 9.48 Å². The first-order valence-corrected chi connectivity index (χ1v) is 15.0. The second-order valence-electron chi connectivity index (χ2n) is 12.1. The van der Waals surface area contributed by atoms with E-state index in [9.17, 15) is 26.7 Å². The minimum atomic E-state index is -4.85. The van der Waals surface area contributed by atoms with Gasteiger partial charge >= 0.3 is 12.2 Å². The number of alkyl halides is 5. The van der Waals surface area contributed by atoms with Crippen LogP contribution in [0.3, 0.4) is 0 Å². The summed E-state index contributed by atoms with van der Waals surface area (Å²) in [5.41, 5.74) is 3.41. The molecule has 4 aliphatic rings. The molecule has 7 rings (SSSR count). The average Bonchev–Trinajstić information content (AvgIpc) is 3.21. The van der Waals surface area contributed by atoms with E-state index in [0.717, 1.165) is 12.1 Å². The highest BCUT2D eigenvalue weighted by Gasteiger charge is 2.73. The van der Waals surface area contributed by atoms with Crippen LogP contribution < -0.4 is 15.4 Å². The van der Waals surface area contributed by atoms with Gasteiger partial charge in [0.1, 0.15) is 5.82 Å². The predicted molar refractivity (Wildman–Crippen MR) is 151 cm³/mol. The normalized spacial score (nSPS) is 23.7. The number of nitrogens with two attached hydrogens (primary N) is 1.